The van der Waals surface area contributed by atoms with Crippen LogP contribution in [-0.2, 0) is 17.9 Å². The molecule has 2 rings (SSSR count). The number of carbonyl (C=O) groups is 1. The first-order chi connectivity index (χ1) is 11.2. The molecule has 0 fully saturated rings. The summed E-state index contributed by atoms with van der Waals surface area (Å²) in [7, 11) is 3.18. The zero-order valence-electron chi connectivity index (χ0n) is 13.4. The molecular formula is C17H22N2O4. The predicted molar refractivity (Wildman–Crippen MR) is 86.4 cm³/mol. The Morgan fingerprint density at radius 2 is 1.96 bits per heavy atom. The highest BCUT2D eigenvalue weighted by molar-refractivity contribution is 5.76. The lowest BCUT2D eigenvalue weighted by atomic mass is 10.2. The van der Waals surface area contributed by atoms with Crippen LogP contribution in [0.2, 0.25) is 0 Å². The standard InChI is InChI=1S/C17H22N2O4/c1-21-15-6-5-13(10-16(15)22-2)11-19-17(20)7-8-18-12-14-4-3-9-23-14/h3-6,9-10,18H,7-8,11-12H2,1-2H3,(H,19,20). The molecule has 1 aromatic carbocycles. The van der Waals surface area contributed by atoms with Crippen molar-refractivity contribution in [1.29, 1.82) is 0 Å². The Morgan fingerprint density at radius 3 is 2.65 bits per heavy atom. The molecular weight excluding hydrogens is 296 g/mol. The molecule has 0 aliphatic carbocycles. The molecule has 6 nitrogen and oxygen atoms in total. The molecule has 0 aliphatic heterocycles. The van der Waals surface area contributed by atoms with Gasteiger partial charge in [0.25, 0.3) is 0 Å². The number of hydrogen-bond acceptors (Lipinski definition) is 5. The van der Waals surface area contributed by atoms with Gasteiger partial charge < -0.3 is 24.5 Å². The van der Waals surface area contributed by atoms with Crippen LogP contribution in [-0.4, -0.2) is 26.7 Å². The lowest BCUT2D eigenvalue weighted by Crippen LogP contribution is -2.27. The SMILES string of the molecule is COc1ccc(CNC(=O)CCNCc2ccco2)cc1OC. The Morgan fingerprint density at radius 1 is 1.13 bits per heavy atom. The van der Waals surface area contributed by atoms with E-state index in [0.29, 0.717) is 37.6 Å². The van der Waals surface area contributed by atoms with Crippen molar-refractivity contribution in [2.24, 2.45) is 0 Å². The van der Waals surface area contributed by atoms with E-state index in [4.69, 9.17) is 13.9 Å². The maximum absolute atomic E-state index is 11.8. The molecule has 0 radical (unpaired) electrons. The van der Waals surface area contributed by atoms with Gasteiger partial charge in [0.05, 0.1) is 27.0 Å². The van der Waals surface area contributed by atoms with Crippen molar-refractivity contribution in [2.45, 2.75) is 19.5 Å². The van der Waals surface area contributed by atoms with Gasteiger partial charge in [-0.05, 0) is 29.8 Å². The van der Waals surface area contributed by atoms with Crippen molar-refractivity contribution in [3.63, 3.8) is 0 Å². The number of benzene rings is 1. The van der Waals surface area contributed by atoms with Gasteiger partial charge in [0.2, 0.25) is 5.91 Å². The van der Waals surface area contributed by atoms with Gasteiger partial charge in [-0.2, -0.15) is 0 Å². The Bertz CT molecular complexity index is 611. The average molecular weight is 318 g/mol. The smallest absolute Gasteiger partial charge is 0.221 e. The number of ether oxygens (including phenoxy) is 2. The Labute approximate surface area is 135 Å². The minimum Gasteiger partial charge on any atom is -0.493 e. The molecule has 2 aromatic rings. The van der Waals surface area contributed by atoms with Crippen LogP contribution in [0.4, 0.5) is 0 Å². The molecule has 0 atom stereocenters. The second-order valence-corrected chi connectivity index (χ2v) is 4.97. The second-order valence-electron chi connectivity index (χ2n) is 4.97. The molecule has 2 N–H and O–H groups in total. The Kier molecular flexibility index (Phi) is 6.50. The number of hydrogen-bond donors (Lipinski definition) is 2. The maximum atomic E-state index is 11.8. The van der Waals surface area contributed by atoms with E-state index in [9.17, 15) is 4.79 Å². The van der Waals surface area contributed by atoms with Crippen LogP contribution in [0.15, 0.2) is 41.0 Å². The van der Waals surface area contributed by atoms with Crippen molar-refractivity contribution in [1.82, 2.24) is 10.6 Å². The summed E-state index contributed by atoms with van der Waals surface area (Å²) in [6.07, 6.45) is 2.04. The molecule has 6 heteroatoms. The first-order valence-corrected chi connectivity index (χ1v) is 7.43. The van der Waals surface area contributed by atoms with E-state index in [1.165, 1.54) is 0 Å². The van der Waals surface area contributed by atoms with Crippen LogP contribution in [0.5, 0.6) is 11.5 Å². The number of methoxy groups -OCH3 is 2. The fraction of sp³-hybridized carbons (Fsp3) is 0.353. The van der Waals surface area contributed by atoms with Crippen molar-refractivity contribution >= 4 is 5.91 Å². The van der Waals surface area contributed by atoms with E-state index < -0.39 is 0 Å². The Balaban J connectivity index is 1.69. The summed E-state index contributed by atoms with van der Waals surface area (Å²) in [5, 5.41) is 6.04. The molecule has 23 heavy (non-hydrogen) atoms. The van der Waals surface area contributed by atoms with Gasteiger partial charge in [-0.15, -0.1) is 0 Å². The normalized spacial score (nSPS) is 10.3. The monoisotopic (exact) mass is 318 g/mol. The van der Waals surface area contributed by atoms with Gasteiger partial charge >= 0.3 is 0 Å². The van der Waals surface area contributed by atoms with Crippen molar-refractivity contribution < 1.29 is 18.7 Å². The van der Waals surface area contributed by atoms with Crippen LogP contribution in [0.1, 0.15) is 17.7 Å². The van der Waals surface area contributed by atoms with Gasteiger partial charge in [-0.3, -0.25) is 4.79 Å². The number of furan rings is 1. The van der Waals surface area contributed by atoms with E-state index in [2.05, 4.69) is 10.6 Å². The summed E-state index contributed by atoms with van der Waals surface area (Å²) in [5.41, 5.74) is 0.958. The van der Waals surface area contributed by atoms with Crippen molar-refractivity contribution in [2.75, 3.05) is 20.8 Å². The topological polar surface area (TPSA) is 72.7 Å². The molecule has 0 bridgehead atoms. The molecule has 1 aromatic heterocycles. The third-order valence-electron chi connectivity index (χ3n) is 3.35. The zero-order chi connectivity index (χ0) is 16.5. The van der Waals surface area contributed by atoms with Crippen LogP contribution >= 0.6 is 0 Å². The van der Waals surface area contributed by atoms with Crippen LogP contribution in [0.25, 0.3) is 0 Å². The fourth-order valence-corrected chi connectivity index (χ4v) is 2.11. The number of carbonyl (C=O) groups excluding carboxylic acids is 1. The minimum absolute atomic E-state index is 0.00766. The first-order valence-electron chi connectivity index (χ1n) is 7.43. The molecule has 0 aliphatic rings. The summed E-state index contributed by atoms with van der Waals surface area (Å²) < 4.78 is 15.6. The molecule has 0 saturated heterocycles. The molecule has 124 valence electrons. The highest BCUT2D eigenvalue weighted by Gasteiger charge is 2.06. The molecule has 1 amide bonds. The van der Waals surface area contributed by atoms with E-state index in [1.807, 2.05) is 30.3 Å². The molecule has 0 spiro atoms. The van der Waals surface area contributed by atoms with E-state index >= 15 is 0 Å². The van der Waals surface area contributed by atoms with Gasteiger partial charge in [0, 0.05) is 19.5 Å². The summed E-state index contributed by atoms with van der Waals surface area (Å²) >= 11 is 0. The number of rotatable bonds is 9. The number of amides is 1. The van der Waals surface area contributed by atoms with Crippen LogP contribution in [0.3, 0.4) is 0 Å². The Hall–Kier alpha value is -2.47. The van der Waals surface area contributed by atoms with Crippen molar-refractivity contribution in [3.8, 4) is 11.5 Å². The quantitative estimate of drug-likeness (QED) is 0.693. The summed E-state index contributed by atoms with van der Waals surface area (Å²) in [6, 6.07) is 9.31. The lowest BCUT2D eigenvalue weighted by molar-refractivity contribution is -0.121. The van der Waals surface area contributed by atoms with Crippen molar-refractivity contribution in [3.05, 3.63) is 47.9 Å². The highest BCUT2D eigenvalue weighted by Crippen LogP contribution is 2.27. The second kappa shape index (κ2) is 8.85. The first kappa shape index (κ1) is 16.9. The molecule has 1 heterocycles. The zero-order valence-corrected chi connectivity index (χ0v) is 13.4. The minimum atomic E-state index is -0.00766. The summed E-state index contributed by atoms with van der Waals surface area (Å²) in [6.45, 7) is 1.67. The van der Waals surface area contributed by atoms with E-state index in [1.54, 1.807) is 20.5 Å². The molecule has 0 saturated carbocycles. The number of nitrogens with one attached hydrogen (secondary N) is 2. The van der Waals surface area contributed by atoms with Crippen LogP contribution in [0, 0.1) is 0 Å². The van der Waals surface area contributed by atoms with Gasteiger partial charge in [0.15, 0.2) is 11.5 Å². The van der Waals surface area contributed by atoms with Crippen LogP contribution < -0.4 is 20.1 Å². The summed E-state index contributed by atoms with van der Waals surface area (Å²) in [4.78, 5) is 11.8. The fourth-order valence-electron chi connectivity index (χ4n) is 2.11. The van der Waals surface area contributed by atoms with Gasteiger partial charge in [0.1, 0.15) is 5.76 Å². The predicted octanol–water partition coefficient (Wildman–Crippen LogP) is 2.09. The molecule has 0 unspecified atom stereocenters. The maximum Gasteiger partial charge on any atom is 0.221 e. The third-order valence-corrected chi connectivity index (χ3v) is 3.35. The van der Waals surface area contributed by atoms with E-state index in [0.717, 1.165) is 11.3 Å². The van der Waals surface area contributed by atoms with E-state index in [-0.39, 0.29) is 5.91 Å². The third kappa shape index (κ3) is 5.34. The largest absolute Gasteiger partial charge is 0.493 e. The van der Waals surface area contributed by atoms with Gasteiger partial charge in [-0.25, -0.2) is 0 Å². The lowest BCUT2D eigenvalue weighted by Gasteiger charge is -2.10. The average Bonchev–Trinajstić information content (AvgIpc) is 3.10. The summed E-state index contributed by atoms with van der Waals surface area (Å²) in [5.74, 6) is 2.17. The van der Waals surface area contributed by atoms with Gasteiger partial charge in [-0.1, -0.05) is 6.07 Å². The highest BCUT2D eigenvalue weighted by atomic mass is 16.5.